The summed E-state index contributed by atoms with van der Waals surface area (Å²) in [6.07, 6.45) is 2.46. The SMILES string of the molecule is O=C(Cc1cc(F)ccc1F)c1ccnnc1. The van der Waals surface area contributed by atoms with Crippen LogP contribution < -0.4 is 0 Å². The molecule has 0 fully saturated rings. The molecular weight excluding hydrogens is 226 g/mol. The van der Waals surface area contributed by atoms with Crippen molar-refractivity contribution >= 4 is 5.78 Å². The summed E-state index contributed by atoms with van der Waals surface area (Å²) in [6.45, 7) is 0. The number of carbonyl (C=O) groups is 1. The lowest BCUT2D eigenvalue weighted by atomic mass is 10.0. The van der Waals surface area contributed by atoms with E-state index in [0.717, 1.165) is 18.2 Å². The number of halogens is 2. The van der Waals surface area contributed by atoms with Gasteiger partial charge < -0.3 is 0 Å². The number of Topliss-reactive ketones (excluding diaryl/α,β-unsaturated/α-hetero) is 1. The van der Waals surface area contributed by atoms with Crippen molar-refractivity contribution in [3.8, 4) is 0 Å². The molecule has 1 heterocycles. The van der Waals surface area contributed by atoms with Gasteiger partial charge in [0.15, 0.2) is 5.78 Å². The second-order valence-corrected chi connectivity index (χ2v) is 3.47. The molecule has 17 heavy (non-hydrogen) atoms. The summed E-state index contributed by atoms with van der Waals surface area (Å²) in [4.78, 5) is 11.7. The number of rotatable bonds is 3. The van der Waals surface area contributed by atoms with Gasteiger partial charge in [0.2, 0.25) is 0 Å². The van der Waals surface area contributed by atoms with Crippen LogP contribution in [0.2, 0.25) is 0 Å². The Morgan fingerprint density at radius 2 is 2.00 bits per heavy atom. The third kappa shape index (κ3) is 2.69. The van der Waals surface area contributed by atoms with Crippen LogP contribution in [0, 0.1) is 11.6 Å². The minimum atomic E-state index is -0.596. The van der Waals surface area contributed by atoms with Crippen LogP contribution in [-0.2, 0) is 6.42 Å². The first-order valence-corrected chi connectivity index (χ1v) is 4.90. The lowest BCUT2D eigenvalue weighted by Crippen LogP contribution is -2.06. The van der Waals surface area contributed by atoms with Gasteiger partial charge in [0.05, 0.1) is 12.4 Å². The predicted molar refractivity (Wildman–Crippen MR) is 56.4 cm³/mol. The quantitative estimate of drug-likeness (QED) is 0.764. The number of hydrogen-bond acceptors (Lipinski definition) is 3. The van der Waals surface area contributed by atoms with Gasteiger partial charge in [0.1, 0.15) is 11.6 Å². The topological polar surface area (TPSA) is 42.9 Å². The highest BCUT2D eigenvalue weighted by atomic mass is 19.1. The summed E-state index contributed by atoms with van der Waals surface area (Å²) in [7, 11) is 0. The first kappa shape index (κ1) is 11.3. The van der Waals surface area contributed by atoms with E-state index in [0.29, 0.717) is 5.56 Å². The van der Waals surface area contributed by atoms with Crippen LogP contribution in [0.15, 0.2) is 36.7 Å². The second kappa shape index (κ2) is 4.78. The molecule has 0 saturated carbocycles. The van der Waals surface area contributed by atoms with Gasteiger partial charge >= 0.3 is 0 Å². The van der Waals surface area contributed by atoms with Gasteiger partial charge in [0, 0.05) is 12.0 Å². The maximum absolute atomic E-state index is 13.3. The average molecular weight is 234 g/mol. The third-order valence-electron chi connectivity index (χ3n) is 2.26. The van der Waals surface area contributed by atoms with Crippen molar-refractivity contribution in [1.29, 1.82) is 0 Å². The summed E-state index contributed by atoms with van der Waals surface area (Å²) < 4.78 is 26.2. The Morgan fingerprint density at radius 1 is 1.18 bits per heavy atom. The Balaban J connectivity index is 2.22. The zero-order chi connectivity index (χ0) is 12.3. The lowest BCUT2D eigenvalue weighted by Gasteiger charge is -2.02. The number of nitrogens with zero attached hydrogens (tertiary/aromatic N) is 2. The Kier molecular flexibility index (Phi) is 3.18. The zero-order valence-corrected chi connectivity index (χ0v) is 8.73. The number of benzene rings is 1. The molecule has 2 aromatic rings. The Labute approximate surface area is 96.1 Å². The monoisotopic (exact) mass is 234 g/mol. The average Bonchev–Trinajstić information content (AvgIpc) is 2.35. The zero-order valence-electron chi connectivity index (χ0n) is 8.73. The van der Waals surface area contributed by atoms with E-state index in [1.54, 1.807) is 0 Å². The van der Waals surface area contributed by atoms with Crippen LogP contribution >= 0.6 is 0 Å². The van der Waals surface area contributed by atoms with E-state index in [1.165, 1.54) is 18.5 Å². The smallest absolute Gasteiger partial charge is 0.169 e. The highest BCUT2D eigenvalue weighted by Crippen LogP contribution is 2.12. The molecule has 0 amide bonds. The van der Waals surface area contributed by atoms with Crippen molar-refractivity contribution < 1.29 is 13.6 Å². The van der Waals surface area contributed by atoms with Crippen molar-refractivity contribution in [2.24, 2.45) is 0 Å². The highest BCUT2D eigenvalue weighted by Gasteiger charge is 2.11. The number of aromatic nitrogens is 2. The molecule has 0 aliphatic carbocycles. The molecule has 1 aromatic heterocycles. The summed E-state index contributed by atoms with van der Waals surface area (Å²) >= 11 is 0. The minimum Gasteiger partial charge on any atom is -0.294 e. The first-order chi connectivity index (χ1) is 8.16. The van der Waals surface area contributed by atoms with Gasteiger partial charge in [-0.3, -0.25) is 4.79 Å². The first-order valence-electron chi connectivity index (χ1n) is 4.90. The van der Waals surface area contributed by atoms with E-state index in [1.807, 2.05) is 0 Å². The van der Waals surface area contributed by atoms with Crippen LogP contribution in [0.1, 0.15) is 15.9 Å². The molecular formula is C12H8F2N2O. The number of ketones is 1. The van der Waals surface area contributed by atoms with Gasteiger partial charge in [-0.25, -0.2) is 8.78 Å². The van der Waals surface area contributed by atoms with Crippen LogP contribution in [0.25, 0.3) is 0 Å². The van der Waals surface area contributed by atoms with Crippen molar-refractivity contribution in [2.75, 3.05) is 0 Å². The van der Waals surface area contributed by atoms with E-state index in [-0.39, 0.29) is 17.8 Å². The van der Waals surface area contributed by atoms with Gasteiger partial charge in [-0.05, 0) is 29.8 Å². The molecule has 2 rings (SSSR count). The second-order valence-electron chi connectivity index (χ2n) is 3.47. The summed E-state index contributed by atoms with van der Waals surface area (Å²) in [6, 6.07) is 4.51. The standard InChI is InChI=1S/C12H8F2N2O/c13-10-1-2-11(14)9(5-10)6-12(17)8-3-4-15-16-7-8/h1-5,7H,6H2. The summed E-state index contributed by atoms with van der Waals surface area (Å²) in [5.74, 6) is -1.49. The molecule has 0 bridgehead atoms. The van der Waals surface area contributed by atoms with Gasteiger partial charge in [-0.15, -0.1) is 0 Å². The third-order valence-corrected chi connectivity index (χ3v) is 2.26. The number of carbonyl (C=O) groups excluding carboxylic acids is 1. The molecule has 0 saturated heterocycles. The number of hydrogen-bond donors (Lipinski definition) is 0. The van der Waals surface area contributed by atoms with Crippen LogP contribution in [-0.4, -0.2) is 16.0 Å². The van der Waals surface area contributed by atoms with Crippen LogP contribution in [0.4, 0.5) is 8.78 Å². The van der Waals surface area contributed by atoms with Crippen molar-refractivity contribution in [2.45, 2.75) is 6.42 Å². The van der Waals surface area contributed by atoms with Crippen molar-refractivity contribution in [3.63, 3.8) is 0 Å². The highest BCUT2D eigenvalue weighted by molar-refractivity contribution is 5.97. The largest absolute Gasteiger partial charge is 0.294 e. The van der Waals surface area contributed by atoms with Gasteiger partial charge in [-0.2, -0.15) is 10.2 Å². The molecule has 0 radical (unpaired) electrons. The molecule has 0 unspecified atom stereocenters. The van der Waals surface area contributed by atoms with Crippen molar-refractivity contribution in [3.05, 3.63) is 59.4 Å². The molecule has 0 atom stereocenters. The van der Waals surface area contributed by atoms with E-state index >= 15 is 0 Å². The molecule has 5 heteroatoms. The molecule has 0 aliphatic rings. The fraction of sp³-hybridized carbons (Fsp3) is 0.0833. The van der Waals surface area contributed by atoms with Gasteiger partial charge in [0.25, 0.3) is 0 Å². The Bertz CT molecular complexity index is 543. The molecule has 0 aliphatic heterocycles. The van der Waals surface area contributed by atoms with E-state index in [4.69, 9.17) is 0 Å². The van der Waals surface area contributed by atoms with Gasteiger partial charge in [-0.1, -0.05) is 0 Å². The van der Waals surface area contributed by atoms with E-state index in [2.05, 4.69) is 10.2 Å². The maximum atomic E-state index is 13.3. The molecule has 1 aromatic carbocycles. The summed E-state index contributed by atoms with van der Waals surface area (Å²) in [5, 5.41) is 7.08. The normalized spacial score (nSPS) is 10.2. The lowest BCUT2D eigenvalue weighted by molar-refractivity contribution is 0.0991. The Morgan fingerprint density at radius 3 is 2.71 bits per heavy atom. The molecule has 86 valence electrons. The predicted octanol–water partition coefficient (Wildman–Crippen LogP) is 2.18. The van der Waals surface area contributed by atoms with Crippen LogP contribution in [0.3, 0.4) is 0 Å². The Hall–Kier alpha value is -2.17. The fourth-order valence-corrected chi connectivity index (χ4v) is 1.41. The maximum Gasteiger partial charge on any atom is 0.169 e. The molecule has 3 nitrogen and oxygen atoms in total. The minimum absolute atomic E-state index is 0.0341. The van der Waals surface area contributed by atoms with Crippen LogP contribution in [0.5, 0.6) is 0 Å². The van der Waals surface area contributed by atoms with E-state index < -0.39 is 11.6 Å². The van der Waals surface area contributed by atoms with Crippen molar-refractivity contribution in [1.82, 2.24) is 10.2 Å². The fourth-order valence-electron chi connectivity index (χ4n) is 1.41. The summed E-state index contributed by atoms with van der Waals surface area (Å²) in [5.41, 5.74) is 0.357. The van der Waals surface area contributed by atoms with E-state index in [9.17, 15) is 13.6 Å². The molecule has 0 N–H and O–H groups in total. The molecule has 0 spiro atoms.